The average molecular weight is 758 g/mol. The van der Waals surface area contributed by atoms with E-state index in [-0.39, 0.29) is 22.7 Å². The minimum atomic E-state index is -0.424. The number of hydrogen-bond acceptors (Lipinski definition) is 8. The fourth-order valence-electron chi connectivity index (χ4n) is 6.92. The summed E-state index contributed by atoms with van der Waals surface area (Å²) in [5, 5.41) is 14.0. The maximum Gasteiger partial charge on any atom is 0.192 e. The molecule has 1 unspecified atom stereocenters. The minimum absolute atomic E-state index is 0.150. The number of hydrogen-bond donors (Lipinski definition) is 0. The quantitative estimate of drug-likeness (QED) is 0.149. The zero-order chi connectivity index (χ0) is 40.5. The highest BCUT2D eigenvalue weighted by Crippen LogP contribution is 2.41. The molecule has 290 valence electrons. The number of nitrogens with zero attached hydrogens (tertiary/aromatic N) is 4. The Balaban J connectivity index is 1.27. The van der Waals surface area contributed by atoms with Crippen LogP contribution in [0.2, 0.25) is 0 Å². The molecule has 1 aliphatic carbocycles. The molecule has 0 amide bonds. The maximum absolute atomic E-state index is 14.0. The number of carbonyl (C=O) groups excluding carboxylic acids is 1. The molecule has 2 aliphatic heterocycles. The Morgan fingerprint density at radius 3 is 1.39 bits per heavy atom. The lowest BCUT2D eigenvalue weighted by molar-refractivity contribution is -0.300. The van der Waals surface area contributed by atoms with E-state index in [4.69, 9.17) is 9.47 Å². The Labute approximate surface area is 336 Å². The Bertz CT molecular complexity index is 2340. The zero-order valence-electron chi connectivity index (χ0n) is 34.1. The number of ketones is 1. The summed E-state index contributed by atoms with van der Waals surface area (Å²) in [7, 11) is 16.0. The first-order valence-corrected chi connectivity index (χ1v) is 19.0. The van der Waals surface area contributed by atoms with Crippen LogP contribution in [-0.2, 0) is 14.3 Å². The molecule has 0 saturated carbocycles. The van der Waals surface area contributed by atoms with Crippen molar-refractivity contribution in [2.45, 2.75) is 13.0 Å². The molecule has 7 rings (SSSR count). The van der Waals surface area contributed by atoms with Crippen LogP contribution in [0.5, 0.6) is 0 Å². The zero-order valence-corrected chi connectivity index (χ0v) is 34.1. The van der Waals surface area contributed by atoms with E-state index in [0.29, 0.717) is 22.9 Å². The second kappa shape index (κ2) is 15.8. The number of ether oxygens (including phenoxy) is 2. The molecule has 2 heterocycles. The summed E-state index contributed by atoms with van der Waals surface area (Å²) in [5.74, 6) is 1.36. The van der Waals surface area contributed by atoms with Gasteiger partial charge < -0.3 is 34.2 Å². The standard InChI is InChI=1S/C49H50N4O4/c1-31(37-29-45(35-14-22-40(23-15-35)52(6)7)57-46(30-37)36-16-24-41(25-17-36)53(8)9)47-48(54)42(49(47)55)26-32-27-43(33-10-18-38(19-11-33)50(2)3)56-44(28-32)34-12-20-39(21-13-34)51(4)5/h10-30,43,54H,1-9H3/p-1. The highest BCUT2D eigenvalue weighted by molar-refractivity contribution is 6.22. The first kappa shape index (κ1) is 38.6. The maximum atomic E-state index is 14.0. The van der Waals surface area contributed by atoms with Crippen molar-refractivity contribution in [3.8, 4) is 0 Å². The third-order valence-electron chi connectivity index (χ3n) is 10.5. The lowest BCUT2D eigenvalue weighted by Crippen LogP contribution is -2.31. The van der Waals surface area contributed by atoms with Crippen LogP contribution in [-0.4, -0.2) is 62.2 Å². The van der Waals surface area contributed by atoms with Crippen LogP contribution in [0, 0.1) is 0 Å². The van der Waals surface area contributed by atoms with Crippen molar-refractivity contribution in [3.05, 3.63) is 183 Å². The lowest BCUT2D eigenvalue weighted by atomic mass is 9.80. The number of rotatable bonds is 10. The SMILES string of the molecule is CC(=C1C=C(c2ccc(N(C)C)cc2)OC(c2ccc(N(C)C)cc2)=C1)C1=C([O-])C(=CC2=CC(c3ccc(N(C)C)cc3)OC(c3ccc(N(C)C)cc3)=C2)C1=O. The Morgan fingerprint density at radius 2 is 0.982 bits per heavy atom. The molecule has 8 nitrogen and oxygen atoms in total. The van der Waals surface area contributed by atoms with E-state index < -0.39 is 6.10 Å². The van der Waals surface area contributed by atoms with Crippen molar-refractivity contribution in [1.82, 2.24) is 0 Å². The third kappa shape index (κ3) is 8.03. The van der Waals surface area contributed by atoms with Gasteiger partial charge in [-0.2, -0.15) is 0 Å². The molecule has 0 fully saturated rings. The third-order valence-corrected chi connectivity index (χ3v) is 10.5. The van der Waals surface area contributed by atoms with Crippen LogP contribution in [0.1, 0.15) is 35.3 Å². The average Bonchev–Trinajstić information content (AvgIpc) is 3.22. The van der Waals surface area contributed by atoms with Gasteiger partial charge in [-0.1, -0.05) is 17.9 Å². The van der Waals surface area contributed by atoms with Crippen LogP contribution >= 0.6 is 0 Å². The van der Waals surface area contributed by atoms with E-state index in [1.165, 1.54) is 0 Å². The van der Waals surface area contributed by atoms with E-state index in [1.54, 1.807) is 6.08 Å². The molecular formula is C49H49N4O4-. The van der Waals surface area contributed by atoms with Crippen LogP contribution in [0.4, 0.5) is 22.7 Å². The fraction of sp³-hybridized carbons (Fsp3) is 0.204. The van der Waals surface area contributed by atoms with E-state index in [9.17, 15) is 9.90 Å². The lowest BCUT2D eigenvalue weighted by Gasteiger charge is -2.33. The first-order chi connectivity index (χ1) is 27.3. The Morgan fingerprint density at radius 1 is 0.579 bits per heavy atom. The molecule has 0 N–H and O–H groups in total. The first-order valence-electron chi connectivity index (χ1n) is 19.0. The molecule has 1 atom stereocenters. The summed E-state index contributed by atoms with van der Waals surface area (Å²) in [4.78, 5) is 22.2. The number of anilines is 4. The molecule has 0 aromatic heterocycles. The Hall–Kier alpha value is -6.67. The minimum Gasteiger partial charge on any atom is -0.871 e. The number of Topliss-reactive ketones (excluding diaryl/α,β-unsaturated/α-hetero) is 1. The van der Waals surface area contributed by atoms with Gasteiger partial charge >= 0.3 is 0 Å². The van der Waals surface area contributed by atoms with Crippen molar-refractivity contribution in [2.75, 3.05) is 76.0 Å². The molecular weight excluding hydrogens is 709 g/mol. The van der Waals surface area contributed by atoms with Crippen molar-refractivity contribution in [1.29, 1.82) is 0 Å². The summed E-state index contributed by atoms with van der Waals surface area (Å²) in [6.45, 7) is 1.84. The van der Waals surface area contributed by atoms with E-state index in [0.717, 1.165) is 56.1 Å². The van der Waals surface area contributed by atoms with E-state index >= 15 is 0 Å². The molecule has 0 bridgehead atoms. The van der Waals surface area contributed by atoms with Crippen LogP contribution in [0.25, 0.3) is 17.3 Å². The second-order valence-corrected chi connectivity index (χ2v) is 15.3. The molecule has 57 heavy (non-hydrogen) atoms. The van der Waals surface area contributed by atoms with Gasteiger partial charge in [-0.3, -0.25) is 4.79 Å². The summed E-state index contributed by atoms with van der Waals surface area (Å²) >= 11 is 0. The summed E-state index contributed by atoms with van der Waals surface area (Å²) in [5.41, 5.74) is 10.3. The number of carbonyl (C=O) groups is 1. The predicted octanol–water partition coefficient (Wildman–Crippen LogP) is 8.54. The topological polar surface area (TPSA) is 71.5 Å². The molecule has 4 aromatic carbocycles. The monoisotopic (exact) mass is 757 g/mol. The van der Waals surface area contributed by atoms with Crippen LogP contribution in [0.15, 0.2) is 161 Å². The highest BCUT2D eigenvalue weighted by atomic mass is 16.5. The van der Waals surface area contributed by atoms with Gasteiger partial charge in [-0.15, -0.1) is 0 Å². The molecule has 4 aromatic rings. The highest BCUT2D eigenvalue weighted by Gasteiger charge is 2.31. The van der Waals surface area contributed by atoms with Crippen molar-refractivity contribution in [2.24, 2.45) is 0 Å². The molecule has 0 radical (unpaired) electrons. The summed E-state index contributed by atoms with van der Waals surface area (Å²) < 4.78 is 13.1. The molecule has 3 aliphatic rings. The molecule has 0 spiro atoms. The van der Waals surface area contributed by atoms with Gasteiger partial charge in [0.2, 0.25) is 0 Å². The fourth-order valence-corrected chi connectivity index (χ4v) is 6.92. The number of allylic oxidation sites excluding steroid dienone is 9. The van der Waals surface area contributed by atoms with Gasteiger partial charge in [0.25, 0.3) is 0 Å². The summed E-state index contributed by atoms with van der Waals surface area (Å²) in [6.07, 6.45) is 8.97. The normalized spacial score (nSPS) is 17.1. The number of benzene rings is 4. The van der Waals surface area contributed by atoms with Gasteiger partial charge in [-0.05, 0) is 145 Å². The smallest absolute Gasteiger partial charge is 0.192 e. The van der Waals surface area contributed by atoms with Gasteiger partial charge in [0.1, 0.15) is 23.4 Å². The molecule has 0 saturated heterocycles. The van der Waals surface area contributed by atoms with Gasteiger partial charge in [0, 0.05) is 107 Å². The van der Waals surface area contributed by atoms with Crippen molar-refractivity contribution in [3.63, 3.8) is 0 Å². The van der Waals surface area contributed by atoms with Crippen LogP contribution in [0.3, 0.4) is 0 Å². The van der Waals surface area contributed by atoms with Crippen LogP contribution < -0.4 is 24.7 Å². The van der Waals surface area contributed by atoms with Gasteiger partial charge in [0.15, 0.2) is 5.78 Å². The van der Waals surface area contributed by atoms with Crippen molar-refractivity contribution >= 4 is 45.8 Å². The molecule has 8 heteroatoms. The van der Waals surface area contributed by atoms with E-state index in [2.05, 4.69) is 12.1 Å². The Kier molecular flexibility index (Phi) is 10.7. The second-order valence-electron chi connectivity index (χ2n) is 15.3. The van der Waals surface area contributed by atoms with E-state index in [1.807, 2.05) is 192 Å². The van der Waals surface area contributed by atoms with Crippen molar-refractivity contribution < 1.29 is 19.4 Å². The summed E-state index contributed by atoms with van der Waals surface area (Å²) in [6, 6.07) is 32.6. The van der Waals surface area contributed by atoms with Gasteiger partial charge in [-0.25, -0.2) is 0 Å². The largest absolute Gasteiger partial charge is 0.871 e. The van der Waals surface area contributed by atoms with Gasteiger partial charge in [0.05, 0.1) is 0 Å². The predicted molar refractivity (Wildman–Crippen MR) is 233 cm³/mol.